The Hall–Kier alpha value is -0.860. The third-order valence-electron chi connectivity index (χ3n) is 3.66. The summed E-state index contributed by atoms with van der Waals surface area (Å²) in [4.78, 5) is 0. The predicted molar refractivity (Wildman–Crippen MR) is 59.4 cm³/mol. The maximum Gasteiger partial charge on any atom is 0.0727 e. The van der Waals surface area contributed by atoms with Crippen LogP contribution in [0.3, 0.4) is 0 Å². The molecule has 2 N–H and O–H groups in total. The first-order chi connectivity index (χ1) is 7.27. The van der Waals surface area contributed by atoms with Crippen molar-refractivity contribution >= 4 is 0 Å². The molecule has 1 fully saturated rings. The van der Waals surface area contributed by atoms with Crippen LogP contribution in [-0.2, 0) is 24.4 Å². The van der Waals surface area contributed by atoms with Gasteiger partial charge >= 0.3 is 0 Å². The summed E-state index contributed by atoms with van der Waals surface area (Å²) in [5, 5.41) is 0. The van der Waals surface area contributed by atoms with Crippen LogP contribution >= 0.6 is 0 Å². The van der Waals surface area contributed by atoms with Crippen molar-refractivity contribution in [1.29, 1.82) is 0 Å². The molecule has 3 rings (SSSR count). The number of hydrogen-bond acceptors (Lipinski definition) is 2. The first kappa shape index (κ1) is 9.37. The monoisotopic (exact) mass is 203 g/mol. The molecule has 0 saturated heterocycles. The standard InChI is InChI=1S/C13H17NO/c14-13(6-7-13)5-4-10-2-1-3-11-8-15-9-12(10)11/h1-3H,4-9,14H2. The smallest absolute Gasteiger partial charge is 0.0727 e. The summed E-state index contributed by atoms with van der Waals surface area (Å²) in [5.41, 5.74) is 10.5. The summed E-state index contributed by atoms with van der Waals surface area (Å²) in [5.74, 6) is 0. The molecule has 0 aromatic heterocycles. The average molecular weight is 203 g/mol. The Morgan fingerprint density at radius 2 is 2.13 bits per heavy atom. The first-order valence-electron chi connectivity index (χ1n) is 5.73. The number of rotatable bonds is 3. The molecule has 0 amide bonds. The number of fused-ring (bicyclic) bond motifs is 1. The van der Waals surface area contributed by atoms with Gasteiger partial charge in [-0.05, 0) is 42.4 Å². The maximum atomic E-state index is 6.11. The lowest BCUT2D eigenvalue weighted by molar-refractivity contribution is 0.134. The van der Waals surface area contributed by atoms with Gasteiger partial charge in [0.05, 0.1) is 13.2 Å². The second-order valence-corrected chi connectivity index (χ2v) is 4.91. The molecule has 0 unspecified atom stereocenters. The van der Waals surface area contributed by atoms with Gasteiger partial charge in [-0.3, -0.25) is 0 Å². The number of aryl methyl sites for hydroxylation is 1. The Kier molecular flexibility index (Phi) is 2.08. The quantitative estimate of drug-likeness (QED) is 0.817. The fourth-order valence-corrected chi connectivity index (χ4v) is 2.30. The number of hydrogen-bond donors (Lipinski definition) is 1. The molecular weight excluding hydrogens is 186 g/mol. The van der Waals surface area contributed by atoms with Crippen molar-refractivity contribution in [2.75, 3.05) is 0 Å². The van der Waals surface area contributed by atoms with Gasteiger partial charge in [-0.15, -0.1) is 0 Å². The van der Waals surface area contributed by atoms with Gasteiger partial charge in [-0.2, -0.15) is 0 Å². The minimum Gasteiger partial charge on any atom is -0.372 e. The Morgan fingerprint density at radius 1 is 1.27 bits per heavy atom. The highest BCUT2D eigenvalue weighted by Crippen LogP contribution is 2.37. The molecule has 1 aliphatic carbocycles. The Morgan fingerprint density at radius 3 is 2.93 bits per heavy atom. The summed E-state index contributed by atoms with van der Waals surface area (Å²) in [6.45, 7) is 1.58. The van der Waals surface area contributed by atoms with Gasteiger partial charge in [0, 0.05) is 5.54 Å². The first-order valence-corrected chi connectivity index (χ1v) is 5.73. The molecule has 80 valence electrons. The molecular formula is C13H17NO. The van der Waals surface area contributed by atoms with Gasteiger partial charge in [0.1, 0.15) is 0 Å². The van der Waals surface area contributed by atoms with Crippen LogP contribution in [0.25, 0.3) is 0 Å². The second kappa shape index (κ2) is 3.32. The lowest BCUT2D eigenvalue weighted by Crippen LogP contribution is -2.22. The third kappa shape index (κ3) is 1.80. The van der Waals surface area contributed by atoms with Crippen LogP contribution < -0.4 is 5.73 Å². The van der Waals surface area contributed by atoms with E-state index in [1.807, 2.05) is 0 Å². The highest BCUT2D eigenvalue weighted by atomic mass is 16.5. The topological polar surface area (TPSA) is 35.2 Å². The molecule has 1 aromatic rings. The van der Waals surface area contributed by atoms with Crippen LogP contribution in [0.1, 0.15) is 36.0 Å². The predicted octanol–water partition coefficient (Wildman–Crippen LogP) is 2.14. The van der Waals surface area contributed by atoms with E-state index in [4.69, 9.17) is 10.5 Å². The zero-order chi connectivity index (χ0) is 10.3. The summed E-state index contributed by atoms with van der Waals surface area (Å²) in [7, 11) is 0. The average Bonchev–Trinajstić information content (AvgIpc) is 2.80. The van der Waals surface area contributed by atoms with Crippen LogP contribution in [0.5, 0.6) is 0 Å². The van der Waals surface area contributed by atoms with Crippen molar-refractivity contribution in [1.82, 2.24) is 0 Å². The van der Waals surface area contributed by atoms with Crippen LogP contribution in [0.15, 0.2) is 18.2 Å². The molecule has 0 atom stereocenters. The normalized spacial score (nSPS) is 21.4. The fraction of sp³-hybridized carbons (Fsp3) is 0.538. The number of ether oxygens (including phenoxy) is 1. The Balaban J connectivity index is 1.77. The molecule has 0 bridgehead atoms. The van der Waals surface area contributed by atoms with Crippen molar-refractivity contribution in [3.8, 4) is 0 Å². The van der Waals surface area contributed by atoms with Gasteiger partial charge in [0.15, 0.2) is 0 Å². The van der Waals surface area contributed by atoms with E-state index in [-0.39, 0.29) is 5.54 Å². The summed E-state index contributed by atoms with van der Waals surface area (Å²) < 4.78 is 5.47. The van der Waals surface area contributed by atoms with Crippen molar-refractivity contribution in [3.05, 3.63) is 34.9 Å². The SMILES string of the molecule is NC1(CCc2cccc3c2COC3)CC1. The van der Waals surface area contributed by atoms with Gasteiger partial charge in [-0.1, -0.05) is 18.2 Å². The number of benzene rings is 1. The maximum absolute atomic E-state index is 6.11. The van der Waals surface area contributed by atoms with Gasteiger partial charge in [0.2, 0.25) is 0 Å². The highest BCUT2D eigenvalue weighted by molar-refractivity contribution is 5.36. The molecule has 0 spiro atoms. The van der Waals surface area contributed by atoms with E-state index in [2.05, 4.69) is 18.2 Å². The van der Waals surface area contributed by atoms with Crippen molar-refractivity contribution in [2.45, 2.75) is 44.4 Å². The lowest BCUT2D eigenvalue weighted by Gasteiger charge is -2.10. The highest BCUT2D eigenvalue weighted by Gasteiger charge is 2.37. The molecule has 0 radical (unpaired) electrons. The van der Waals surface area contributed by atoms with Crippen molar-refractivity contribution in [3.63, 3.8) is 0 Å². The largest absolute Gasteiger partial charge is 0.372 e. The molecule has 1 saturated carbocycles. The summed E-state index contributed by atoms with van der Waals surface area (Å²) in [6, 6.07) is 6.53. The van der Waals surface area contributed by atoms with E-state index >= 15 is 0 Å². The van der Waals surface area contributed by atoms with E-state index in [0.29, 0.717) is 0 Å². The molecule has 1 aliphatic heterocycles. The minimum absolute atomic E-state index is 0.169. The Bertz CT molecular complexity index is 382. The molecule has 15 heavy (non-hydrogen) atoms. The van der Waals surface area contributed by atoms with Crippen LogP contribution in [-0.4, -0.2) is 5.54 Å². The van der Waals surface area contributed by atoms with E-state index in [0.717, 1.165) is 26.1 Å². The third-order valence-corrected chi connectivity index (χ3v) is 3.66. The van der Waals surface area contributed by atoms with E-state index in [9.17, 15) is 0 Å². The van der Waals surface area contributed by atoms with Gasteiger partial charge < -0.3 is 10.5 Å². The van der Waals surface area contributed by atoms with Crippen molar-refractivity contribution < 1.29 is 4.74 Å². The van der Waals surface area contributed by atoms with Crippen LogP contribution in [0.2, 0.25) is 0 Å². The van der Waals surface area contributed by atoms with E-state index in [1.54, 1.807) is 0 Å². The van der Waals surface area contributed by atoms with Crippen LogP contribution in [0.4, 0.5) is 0 Å². The summed E-state index contributed by atoms with van der Waals surface area (Å²) >= 11 is 0. The van der Waals surface area contributed by atoms with Gasteiger partial charge in [0.25, 0.3) is 0 Å². The number of nitrogens with two attached hydrogens (primary N) is 1. The zero-order valence-corrected chi connectivity index (χ0v) is 8.96. The molecule has 2 aliphatic rings. The minimum atomic E-state index is 0.169. The second-order valence-electron chi connectivity index (χ2n) is 4.91. The van der Waals surface area contributed by atoms with E-state index in [1.165, 1.54) is 29.5 Å². The Labute approximate surface area is 90.4 Å². The van der Waals surface area contributed by atoms with Gasteiger partial charge in [-0.25, -0.2) is 0 Å². The molecule has 2 heteroatoms. The van der Waals surface area contributed by atoms with E-state index < -0.39 is 0 Å². The lowest BCUT2D eigenvalue weighted by atomic mass is 9.97. The molecule has 2 nitrogen and oxygen atoms in total. The zero-order valence-electron chi connectivity index (χ0n) is 8.96. The summed E-state index contributed by atoms with van der Waals surface area (Å²) in [6.07, 6.45) is 4.66. The van der Waals surface area contributed by atoms with Crippen molar-refractivity contribution in [2.24, 2.45) is 5.73 Å². The van der Waals surface area contributed by atoms with Crippen LogP contribution in [0, 0.1) is 0 Å². The molecule has 1 aromatic carbocycles. The molecule has 1 heterocycles. The fourth-order valence-electron chi connectivity index (χ4n) is 2.30.